The number of likely N-dealkylation sites (tertiary alicyclic amines) is 1. The van der Waals surface area contributed by atoms with Crippen molar-refractivity contribution in [2.24, 2.45) is 0 Å². The van der Waals surface area contributed by atoms with E-state index in [1.807, 2.05) is 25.1 Å². The lowest BCUT2D eigenvalue weighted by Gasteiger charge is -2.23. The number of carbonyl (C=O) groups excluding carboxylic acids is 2. The largest absolute Gasteiger partial charge is 0.507 e. The number of aliphatic hydroxyl groups excluding tert-OH is 1. The van der Waals surface area contributed by atoms with Crippen LogP contribution in [0.25, 0.3) is 5.76 Å². The van der Waals surface area contributed by atoms with E-state index < -0.39 is 17.7 Å². The van der Waals surface area contributed by atoms with E-state index in [0.717, 1.165) is 11.1 Å². The van der Waals surface area contributed by atoms with Crippen LogP contribution >= 0.6 is 0 Å². The number of rotatable bonds is 9. The van der Waals surface area contributed by atoms with Crippen LogP contribution in [0.5, 0.6) is 5.75 Å². The number of aliphatic hydroxyl groups is 1. The normalized spacial score (nSPS) is 17.2. The number of Topliss-reactive ketones (excluding diaryl/α,β-unsaturated/α-hetero) is 1. The Morgan fingerprint density at radius 3 is 2.49 bits per heavy atom. The molecule has 0 bridgehead atoms. The molecule has 0 saturated carbocycles. The lowest BCUT2D eigenvalue weighted by atomic mass is 9.99. The molecule has 2 aromatic carbocycles. The van der Waals surface area contributed by atoms with Crippen LogP contribution in [-0.4, -0.2) is 42.0 Å². The zero-order valence-corrected chi connectivity index (χ0v) is 20.1. The fourth-order valence-electron chi connectivity index (χ4n) is 4.22. The summed E-state index contributed by atoms with van der Waals surface area (Å²) in [5.41, 5.74) is 2.64. The molecule has 1 aliphatic heterocycles. The van der Waals surface area contributed by atoms with E-state index >= 15 is 0 Å². The SMILES string of the molecule is COCCCN1C(=O)C(=O)C(=C(O)c2ccc(OCc3cccc(C)c3)cc2)[C@H]1c1ccc(C)o1. The van der Waals surface area contributed by atoms with Crippen LogP contribution in [0.4, 0.5) is 0 Å². The molecule has 1 amide bonds. The summed E-state index contributed by atoms with van der Waals surface area (Å²) in [7, 11) is 1.58. The molecule has 0 unspecified atom stereocenters. The fraction of sp³-hybridized carbons (Fsp3) is 0.286. The molecule has 0 radical (unpaired) electrons. The Morgan fingerprint density at radius 2 is 1.83 bits per heavy atom. The topological polar surface area (TPSA) is 89.2 Å². The van der Waals surface area contributed by atoms with Crippen LogP contribution < -0.4 is 4.74 Å². The molecule has 1 fully saturated rings. The summed E-state index contributed by atoms with van der Waals surface area (Å²) in [6.07, 6.45) is 0.548. The van der Waals surface area contributed by atoms with Gasteiger partial charge in [0.25, 0.3) is 11.7 Å². The highest BCUT2D eigenvalue weighted by Gasteiger charge is 2.47. The third-order valence-corrected chi connectivity index (χ3v) is 5.93. The lowest BCUT2D eigenvalue weighted by Crippen LogP contribution is -2.31. The van der Waals surface area contributed by atoms with Crippen molar-refractivity contribution in [1.29, 1.82) is 0 Å². The second-order valence-electron chi connectivity index (χ2n) is 8.59. The van der Waals surface area contributed by atoms with Gasteiger partial charge in [-0.1, -0.05) is 29.8 Å². The Labute approximate surface area is 204 Å². The first-order chi connectivity index (χ1) is 16.9. The molecule has 1 aromatic heterocycles. The summed E-state index contributed by atoms with van der Waals surface area (Å²) >= 11 is 0. The van der Waals surface area contributed by atoms with E-state index in [1.165, 1.54) is 4.90 Å². The second kappa shape index (κ2) is 10.6. The van der Waals surface area contributed by atoms with Gasteiger partial charge in [0.1, 0.15) is 35.7 Å². The molecule has 4 rings (SSSR count). The third kappa shape index (κ3) is 5.30. The number of aryl methyl sites for hydroxylation is 2. The highest BCUT2D eigenvalue weighted by Crippen LogP contribution is 2.40. The highest BCUT2D eigenvalue weighted by atomic mass is 16.5. The number of furan rings is 1. The van der Waals surface area contributed by atoms with E-state index in [0.29, 0.717) is 49.0 Å². The van der Waals surface area contributed by atoms with Crippen molar-refractivity contribution in [3.8, 4) is 5.75 Å². The van der Waals surface area contributed by atoms with Crippen LogP contribution in [0.3, 0.4) is 0 Å². The maximum Gasteiger partial charge on any atom is 0.295 e. The minimum atomic E-state index is -0.808. The molecule has 1 N–H and O–H groups in total. The molecule has 7 nitrogen and oxygen atoms in total. The molecule has 1 atom stereocenters. The summed E-state index contributed by atoms with van der Waals surface area (Å²) in [5, 5.41) is 11.1. The van der Waals surface area contributed by atoms with Gasteiger partial charge >= 0.3 is 0 Å². The molecular formula is C28H29NO6. The zero-order valence-electron chi connectivity index (χ0n) is 20.1. The molecule has 35 heavy (non-hydrogen) atoms. The number of hydrogen-bond donors (Lipinski definition) is 1. The number of ketones is 1. The Morgan fingerprint density at radius 1 is 1.06 bits per heavy atom. The average Bonchev–Trinajstić information content (AvgIpc) is 3.39. The Hall–Kier alpha value is -3.84. The maximum absolute atomic E-state index is 13.0. The smallest absolute Gasteiger partial charge is 0.295 e. The number of benzene rings is 2. The van der Waals surface area contributed by atoms with Crippen LogP contribution in [-0.2, 0) is 20.9 Å². The van der Waals surface area contributed by atoms with Gasteiger partial charge in [-0.3, -0.25) is 9.59 Å². The van der Waals surface area contributed by atoms with Crippen molar-refractivity contribution in [3.05, 3.63) is 94.4 Å². The minimum Gasteiger partial charge on any atom is -0.507 e. The predicted octanol–water partition coefficient (Wildman–Crippen LogP) is 4.93. The monoisotopic (exact) mass is 475 g/mol. The van der Waals surface area contributed by atoms with Crippen molar-refractivity contribution >= 4 is 17.4 Å². The van der Waals surface area contributed by atoms with E-state index in [2.05, 4.69) is 6.07 Å². The van der Waals surface area contributed by atoms with E-state index in [4.69, 9.17) is 13.9 Å². The van der Waals surface area contributed by atoms with Crippen LogP contribution in [0.2, 0.25) is 0 Å². The van der Waals surface area contributed by atoms with Crippen molar-refractivity contribution < 1.29 is 28.6 Å². The van der Waals surface area contributed by atoms with Crippen molar-refractivity contribution in [2.45, 2.75) is 32.9 Å². The number of methoxy groups -OCH3 is 1. The van der Waals surface area contributed by atoms with E-state index in [-0.39, 0.29) is 11.3 Å². The molecular weight excluding hydrogens is 446 g/mol. The van der Waals surface area contributed by atoms with Gasteiger partial charge in [0, 0.05) is 25.8 Å². The number of ether oxygens (including phenoxy) is 2. The summed E-state index contributed by atoms with van der Waals surface area (Å²) in [5.74, 6) is 0.0538. The quantitative estimate of drug-likeness (QED) is 0.204. The average molecular weight is 476 g/mol. The summed E-state index contributed by atoms with van der Waals surface area (Å²) in [4.78, 5) is 27.3. The Kier molecular flexibility index (Phi) is 7.36. The van der Waals surface area contributed by atoms with Gasteiger partial charge in [0.2, 0.25) is 0 Å². The molecule has 3 aromatic rings. The minimum absolute atomic E-state index is 0.00944. The molecule has 1 aliphatic rings. The molecule has 0 aliphatic carbocycles. The number of nitrogens with zero attached hydrogens (tertiary/aromatic N) is 1. The third-order valence-electron chi connectivity index (χ3n) is 5.93. The van der Waals surface area contributed by atoms with E-state index in [1.54, 1.807) is 50.4 Å². The van der Waals surface area contributed by atoms with Crippen molar-refractivity contribution in [3.63, 3.8) is 0 Å². The first kappa shape index (κ1) is 24.3. The molecule has 1 saturated heterocycles. The molecule has 0 spiro atoms. The van der Waals surface area contributed by atoms with E-state index in [9.17, 15) is 14.7 Å². The first-order valence-corrected chi connectivity index (χ1v) is 11.5. The number of amides is 1. The standard InChI is InChI=1S/C28H29NO6/c1-18-6-4-7-20(16-18)17-34-22-11-9-21(10-12-22)26(30)24-25(23-13-8-19(2)35-23)29(14-5-15-33-3)28(32)27(24)31/h4,6-13,16,25,30H,5,14-15,17H2,1-3H3/t25-/m1/s1. The van der Waals surface area contributed by atoms with Crippen LogP contribution in [0.15, 0.2) is 70.7 Å². The highest BCUT2D eigenvalue weighted by molar-refractivity contribution is 6.46. The first-order valence-electron chi connectivity index (χ1n) is 11.5. The second-order valence-corrected chi connectivity index (χ2v) is 8.59. The van der Waals surface area contributed by atoms with Gasteiger partial charge in [-0.25, -0.2) is 0 Å². The van der Waals surface area contributed by atoms with Gasteiger partial charge < -0.3 is 23.9 Å². The maximum atomic E-state index is 13.0. The van der Waals surface area contributed by atoms with Crippen LogP contribution in [0.1, 0.15) is 40.7 Å². The van der Waals surface area contributed by atoms with Gasteiger partial charge in [-0.15, -0.1) is 0 Å². The van der Waals surface area contributed by atoms with Gasteiger partial charge in [-0.05, 0) is 62.2 Å². The van der Waals surface area contributed by atoms with Crippen molar-refractivity contribution in [1.82, 2.24) is 4.90 Å². The Bertz CT molecular complexity index is 1240. The van der Waals surface area contributed by atoms with Gasteiger partial charge in [-0.2, -0.15) is 0 Å². The zero-order chi connectivity index (χ0) is 24.9. The summed E-state index contributed by atoms with van der Waals surface area (Å²) in [6.45, 7) is 4.97. The molecule has 2 heterocycles. The van der Waals surface area contributed by atoms with Gasteiger partial charge in [0.05, 0.1) is 5.57 Å². The van der Waals surface area contributed by atoms with Crippen LogP contribution in [0, 0.1) is 13.8 Å². The number of carbonyl (C=O) groups is 2. The molecule has 7 heteroatoms. The summed E-state index contributed by atoms with van der Waals surface area (Å²) in [6, 6.07) is 17.5. The van der Waals surface area contributed by atoms with Gasteiger partial charge in [0.15, 0.2) is 0 Å². The fourth-order valence-corrected chi connectivity index (χ4v) is 4.22. The predicted molar refractivity (Wildman–Crippen MR) is 131 cm³/mol. The number of hydrogen-bond acceptors (Lipinski definition) is 6. The Balaban J connectivity index is 1.61. The summed E-state index contributed by atoms with van der Waals surface area (Å²) < 4.78 is 16.7. The lowest BCUT2D eigenvalue weighted by molar-refractivity contribution is -0.140. The molecule has 182 valence electrons. The van der Waals surface area contributed by atoms with Crippen molar-refractivity contribution in [2.75, 3.05) is 20.3 Å².